The Morgan fingerprint density at radius 2 is 2.17 bits per heavy atom. The Labute approximate surface area is 72.8 Å². The lowest BCUT2D eigenvalue weighted by atomic mass is 10.4. The summed E-state index contributed by atoms with van der Waals surface area (Å²) in [5.41, 5.74) is 0. The SMILES string of the molecule is COCCS(=O)(=O)NC[C@@H](C)O. The summed E-state index contributed by atoms with van der Waals surface area (Å²) in [7, 11) is -1.84. The van der Waals surface area contributed by atoms with Gasteiger partial charge in [-0.15, -0.1) is 0 Å². The highest BCUT2D eigenvalue weighted by atomic mass is 32.2. The lowest BCUT2D eigenvalue weighted by molar-refractivity contribution is 0.197. The van der Waals surface area contributed by atoms with Crippen molar-refractivity contribution in [2.75, 3.05) is 26.0 Å². The second-order valence-electron chi connectivity index (χ2n) is 2.51. The quantitative estimate of drug-likeness (QED) is 0.568. The maximum Gasteiger partial charge on any atom is 0.213 e. The minimum Gasteiger partial charge on any atom is -0.392 e. The van der Waals surface area contributed by atoms with Gasteiger partial charge in [0, 0.05) is 13.7 Å². The van der Waals surface area contributed by atoms with Crippen molar-refractivity contribution in [1.29, 1.82) is 0 Å². The number of hydrogen-bond donors (Lipinski definition) is 2. The van der Waals surface area contributed by atoms with Crippen molar-refractivity contribution in [1.82, 2.24) is 4.72 Å². The molecule has 74 valence electrons. The van der Waals surface area contributed by atoms with Crippen molar-refractivity contribution in [2.45, 2.75) is 13.0 Å². The van der Waals surface area contributed by atoms with Gasteiger partial charge in [-0.3, -0.25) is 0 Å². The van der Waals surface area contributed by atoms with E-state index >= 15 is 0 Å². The number of methoxy groups -OCH3 is 1. The second-order valence-corrected chi connectivity index (χ2v) is 4.44. The Balaban J connectivity index is 3.73. The highest BCUT2D eigenvalue weighted by Crippen LogP contribution is 1.85. The third kappa shape index (κ3) is 6.53. The van der Waals surface area contributed by atoms with Gasteiger partial charge in [0.1, 0.15) is 0 Å². The third-order valence-electron chi connectivity index (χ3n) is 1.15. The maximum absolute atomic E-state index is 11.0. The van der Waals surface area contributed by atoms with E-state index in [-0.39, 0.29) is 18.9 Å². The Morgan fingerprint density at radius 3 is 2.58 bits per heavy atom. The average Bonchev–Trinajstić information content (AvgIpc) is 1.98. The summed E-state index contributed by atoms with van der Waals surface area (Å²) in [6.07, 6.45) is -0.665. The van der Waals surface area contributed by atoms with Crippen LogP contribution < -0.4 is 4.72 Å². The van der Waals surface area contributed by atoms with Crippen LogP contribution in [-0.2, 0) is 14.8 Å². The van der Waals surface area contributed by atoms with E-state index in [2.05, 4.69) is 9.46 Å². The molecule has 0 aliphatic heterocycles. The van der Waals surface area contributed by atoms with E-state index in [0.29, 0.717) is 0 Å². The fourth-order valence-electron chi connectivity index (χ4n) is 0.513. The smallest absolute Gasteiger partial charge is 0.213 e. The summed E-state index contributed by atoms with van der Waals surface area (Å²) in [6.45, 7) is 1.72. The molecule has 0 rings (SSSR count). The van der Waals surface area contributed by atoms with Crippen LogP contribution in [0.4, 0.5) is 0 Å². The monoisotopic (exact) mass is 197 g/mol. The number of aliphatic hydroxyl groups excluding tert-OH is 1. The highest BCUT2D eigenvalue weighted by Gasteiger charge is 2.09. The third-order valence-corrected chi connectivity index (χ3v) is 2.47. The molecule has 12 heavy (non-hydrogen) atoms. The summed E-state index contributed by atoms with van der Waals surface area (Å²) in [4.78, 5) is 0. The molecule has 0 heterocycles. The first-order valence-electron chi connectivity index (χ1n) is 3.62. The first-order valence-corrected chi connectivity index (χ1v) is 5.27. The Kier molecular flexibility index (Phi) is 5.39. The van der Waals surface area contributed by atoms with Crippen LogP contribution in [0.1, 0.15) is 6.92 Å². The molecule has 0 aromatic carbocycles. The molecule has 0 amide bonds. The van der Waals surface area contributed by atoms with Gasteiger partial charge < -0.3 is 9.84 Å². The molecular weight excluding hydrogens is 182 g/mol. The van der Waals surface area contributed by atoms with Crippen molar-refractivity contribution in [3.05, 3.63) is 0 Å². The van der Waals surface area contributed by atoms with Crippen LogP contribution in [0.25, 0.3) is 0 Å². The van der Waals surface area contributed by atoms with Crippen molar-refractivity contribution in [2.24, 2.45) is 0 Å². The Morgan fingerprint density at radius 1 is 1.58 bits per heavy atom. The Bertz CT molecular complexity index is 200. The molecular formula is C6H15NO4S. The van der Waals surface area contributed by atoms with Gasteiger partial charge >= 0.3 is 0 Å². The van der Waals surface area contributed by atoms with Crippen LogP contribution in [0, 0.1) is 0 Å². The van der Waals surface area contributed by atoms with Crippen molar-refractivity contribution >= 4 is 10.0 Å². The van der Waals surface area contributed by atoms with Gasteiger partial charge in [0.05, 0.1) is 18.5 Å². The number of sulfonamides is 1. The molecule has 6 heteroatoms. The van der Waals surface area contributed by atoms with Crippen LogP contribution in [0.5, 0.6) is 0 Å². The lowest BCUT2D eigenvalue weighted by Gasteiger charge is -2.07. The molecule has 0 bridgehead atoms. The standard InChI is InChI=1S/C6H15NO4S/c1-6(8)5-7-12(9,10)4-3-11-2/h6-8H,3-5H2,1-2H3/t6-/m1/s1. The van der Waals surface area contributed by atoms with Gasteiger partial charge in [-0.1, -0.05) is 0 Å². The minimum absolute atomic E-state index is 0.0477. The van der Waals surface area contributed by atoms with Crippen molar-refractivity contribution in [3.8, 4) is 0 Å². The van der Waals surface area contributed by atoms with E-state index in [1.54, 1.807) is 0 Å². The summed E-state index contributed by atoms with van der Waals surface area (Å²) in [5.74, 6) is -0.0732. The molecule has 0 saturated heterocycles. The van der Waals surface area contributed by atoms with Gasteiger partial charge in [-0.2, -0.15) is 0 Å². The van der Waals surface area contributed by atoms with Crippen LogP contribution >= 0.6 is 0 Å². The number of ether oxygens (including phenoxy) is 1. The van der Waals surface area contributed by atoms with Crippen LogP contribution in [0.15, 0.2) is 0 Å². The van der Waals surface area contributed by atoms with E-state index in [0.717, 1.165) is 0 Å². The van der Waals surface area contributed by atoms with E-state index in [1.165, 1.54) is 14.0 Å². The summed E-state index contributed by atoms with van der Waals surface area (Å²) in [5, 5.41) is 8.78. The average molecular weight is 197 g/mol. The molecule has 0 fully saturated rings. The maximum atomic E-state index is 11.0. The highest BCUT2D eigenvalue weighted by molar-refractivity contribution is 7.89. The van der Waals surface area contributed by atoms with Gasteiger partial charge in [0.2, 0.25) is 10.0 Å². The zero-order valence-corrected chi connectivity index (χ0v) is 8.10. The Hall–Kier alpha value is -0.170. The fraction of sp³-hybridized carbons (Fsp3) is 1.00. The molecule has 2 N–H and O–H groups in total. The molecule has 0 aliphatic carbocycles. The number of nitrogens with one attached hydrogen (secondary N) is 1. The molecule has 0 aromatic heterocycles. The van der Waals surface area contributed by atoms with Gasteiger partial charge in [-0.05, 0) is 6.92 Å². The molecule has 0 radical (unpaired) electrons. The van der Waals surface area contributed by atoms with Crippen LogP contribution in [0.3, 0.4) is 0 Å². The first-order chi connectivity index (χ1) is 5.48. The molecule has 0 aromatic rings. The lowest BCUT2D eigenvalue weighted by Crippen LogP contribution is -2.33. The zero-order chi connectivity index (χ0) is 9.61. The zero-order valence-electron chi connectivity index (χ0n) is 7.28. The van der Waals surface area contributed by atoms with Gasteiger partial charge in [0.15, 0.2) is 0 Å². The summed E-state index contributed by atoms with van der Waals surface area (Å²) < 4.78 is 28.8. The number of aliphatic hydroxyl groups is 1. The van der Waals surface area contributed by atoms with Crippen LogP contribution in [-0.4, -0.2) is 45.6 Å². The van der Waals surface area contributed by atoms with Gasteiger partial charge in [0.25, 0.3) is 0 Å². The summed E-state index contributed by atoms with van der Waals surface area (Å²) in [6, 6.07) is 0. The van der Waals surface area contributed by atoms with E-state index < -0.39 is 16.1 Å². The number of rotatable bonds is 6. The predicted octanol–water partition coefficient (Wildman–Crippen LogP) is -1.07. The molecule has 1 atom stereocenters. The largest absolute Gasteiger partial charge is 0.392 e. The van der Waals surface area contributed by atoms with E-state index in [9.17, 15) is 8.42 Å². The van der Waals surface area contributed by atoms with E-state index in [4.69, 9.17) is 5.11 Å². The summed E-state index contributed by atoms with van der Waals surface area (Å²) >= 11 is 0. The molecule has 0 saturated carbocycles. The molecule has 5 nitrogen and oxygen atoms in total. The van der Waals surface area contributed by atoms with E-state index in [1.807, 2.05) is 0 Å². The fourth-order valence-corrected chi connectivity index (χ4v) is 1.54. The predicted molar refractivity (Wildman–Crippen MR) is 45.3 cm³/mol. The molecule has 0 aliphatic rings. The first kappa shape index (κ1) is 11.8. The molecule has 0 spiro atoms. The normalized spacial score (nSPS) is 14.6. The van der Waals surface area contributed by atoms with Crippen molar-refractivity contribution < 1.29 is 18.3 Å². The molecule has 0 unspecified atom stereocenters. The van der Waals surface area contributed by atoms with Crippen molar-refractivity contribution in [3.63, 3.8) is 0 Å². The van der Waals surface area contributed by atoms with Gasteiger partial charge in [-0.25, -0.2) is 13.1 Å². The van der Waals surface area contributed by atoms with Crippen LogP contribution in [0.2, 0.25) is 0 Å². The topological polar surface area (TPSA) is 75.6 Å². The second kappa shape index (κ2) is 5.47. The number of hydrogen-bond acceptors (Lipinski definition) is 4. The minimum atomic E-state index is -3.27.